The largest absolute Gasteiger partial charge is 0.0654 e. The molecule has 0 radical (unpaired) electrons. The summed E-state index contributed by atoms with van der Waals surface area (Å²) in [6, 6.07) is 0. The lowest BCUT2D eigenvalue weighted by molar-refractivity contribution is 0.187. The minimum absolute atomic E-state index is 0.855. The van der Waals surface area contributed by atoms with Crippen LogP contribution in [0.15, 0.2) is 0 Å². The van der Waals surface area contributed by atoms with E-state index in [1.807, 2.05) is 0 Å². The highest BCUT2D eigenvalue weighted by Gasteiger charge is 2.24. The summed E-state index contributed by atoms with van der Waals surface area (Å²) < 4.78 is 0. The quantitative estimate of drug-likeness (QED) is 0.393. The Morgan fingerprint density at radius 1 is 0.765 bits per heavy atom. The molecular formula is C17H36. The molecule has 0 amide bonds. The van der Waals surface area contributed by atoms with Gasteiger partial charge in [-0.15, -0.1) is 0 Å². The molecule has 0 rings (SSSR count). The van der Waals surface area contributed by atoms with E-state index >= 15 is 0 Å². The highest BCUT2D eigenvalue weighted by Crippen LogP contribution is 2.34. The van der Waals surface area contributed by atoms with Crippen LogP contribution >= 0.6 is 0 Å². The average Bonchev–Trinajstić information content (AvgIpc) is 2.24. The normalized spacial score (nSPS) is 15.5. The zero-order chi connectivity index (χ0) is 13.3. The molecule has 0 fully saturated rings. The van der Waals surface area contributed by atoms with E-state index < -0.39 is 0 Å². The highest BCUT2D eigenvalue weighted by molar-refractivity contribution is 4.74. The summed E-state index contributed by atoms with van der Waals surface area (Å²) in [5.74, 6) is 3.64. The maximum atomic E-state index is 2.43. The van der Waals surface area contributed by atoms with Crippen LogP contribution in [-0.2, 0) is 0 Å². The third-order valence-electron chi connectivity index (χ3n) is 4.04. The fraction of sp³-hybridized carbons (Fsp3) is 1.00. The molecule has 0 aliphatic rings. The van der Waals surface area contributed by atoms with Gasteiger partial charge < -0.3 is 0 Å². The molecule has 0 aliphatic heterocycles. The Morgan fingerprint density at radius 3 is 1.82 bits per heavy atom. The summed E-state index contributed by atoms with van der Waals surface area (Å²) in [7, 11) is 0. The fourth-order valence-electron chi connectivity index (χ4n) is 3.15. The summed E-state index contributed by atoms with van der Waals surface area (Å²) in [4.78, 5) is 0. The molecule has 0 N–H and O–H groups in total. The van der Waals surface area contributed by atoms with Crippen molar-refractivity contribution in [2.75, 3.05) is 0 Å². The molecule has 0 aromatic carbocycles. The number of unbranched alkanes of at least 4 members (excludes halogenated alkanes) is 2. The van der Waals surface area contributed by atoms with Crippen LogP contribution in [0.5, 0.6) is 0 Å². The first-order chi connectivity index (χ1) is 8.02. The van der Waals surface area contributed by atoms with E-state index in [4.69, 9.17) is 0 Å². The van der Waals surface area contributed by atoms with Crippen LogP contribution in [0.2, 0.25) is 0 Å². The van der Waals surface area contributed by atoms with Crippen LogP contribution in [0.3, 0.4) is 0 Å². The standard InChI is InChI=1S/C17H36/c1-7-9-10-12-16(11-8-2)17(15(5)6)13-14(3)4/h14-17H,7-13H2,1-6H3. The van der Waals surface area contributed by atoms with Crippen LogP contribution in [0.25, 0.3) is 0 Å². The van der Waals surface area contributed by atoms with E-state index in [-0.39, 0.29) is 0 Å². The maximum absolute atomic E-state index is 2.43. The SMILES string of the molecule is CCCCCC(CCC)C(CC(C)C)C(C)C. The predicted octanol–water partition coefficient (Wildman–Crippen LogP) is 6.30. The van der Waals surface area contributed by atoms with Crippen molar-refractivity contribution in [3.05, 3.63) is 0 Å². The Hall–Kier alpha value is 0. The smallest absolute Gasteiger partial charge is 0.0360 e. The highest BCUT2D eigenvalue weighted by atomic mass is 14.3. The maximum Gasteiger partial charge on any atom is -0.0360 e. The minimum Gasteiger partial charge on any atom is -0.0654 e. The van der Waals surface area contributed by atoms with Crippen LogP contribution in [0.1, 0.15) is 86.5 Å². The average molecular weight is 240 g/mol. The van der Waals surface area contributed by atoms with Gasteiger partial charge in [0.05, 0.1) is 0 Å². The molecule has 0 saturated heterocycles. The third-order valence-corrected chi connectivity index (χ3v) is 4.04. The zero-order valence-electron chi connectivity index (χ0n) is 13.3. The van der Waals surface area contributed by atoms with E-state index in [9.17, 15) is 0 Å². The molecule has 0 aromatic heterocycles. The molecule has 2 unspecified atom stereocenters. The summed E-state index contributed by atoms with van der Waals surface area (Å²) >= 11 is 0. The Labute approximate surface area is 111 Å². The molecule has 0 heteroatoms. The number of rotatable bonds is 10. The van der Waals surface area contributed by atoms with Crippen molar-refractivity contribution in [2.45, 2.75) is 86.5 Å². The molecular weight excluding hydrogens is 204 g/mol. The van der Waals surface area contributed by atoms with Gasteiger partial charge in [-0.2, -0.15) is 0 Å². The van der Waals surface area contributed by atoms with Crippen LogP contribution < -0.4 is 0 Å². The predicted molar refractivity (Wildman–Crippen MR) is 80.3 cm³/mol. The van der Waals surface area contributed by atoms with Crippen molar-refractivity contribution in [1.82, 2.24) is 0 Å². The molecule has 0 nitrogen and oxygen atoms in total. The Balaban J connectivity index is 4.35. The Kier molecular flexibility index (Phi) is 9.97. The minimum atomic E-state index is 0.855. The van der Waals surface area contributed by atoms with Gasteiger partial charge in [-0.1, -0.05) is 80.1 Å². The van der Waals surface area contributed by atoms with Gasteiger partial charge in [0.15, 0.2) is 0 Å². The topological polar surface area (TPSA) is 0 Å². The second-order valence-electron chi connectivity index (χ2n) is 6.58. The first kappa shape index (κ1) is 17.0. The van der Waals surface area contributed by atoms with Crippen LogP contribution in [0, 0.1) is 23.7 Å². The monoisotopic (exact) mass is 240 g/mol. The van der Waals surface area contributed by atoms with Crippen molar-refractivity contribution in [1.29, 1.82) is 0 Å². The molecule has 0 saturated carbocycles. The van der Waals surface area contributed by atoms with E-state index in [0.29, 0.717) is 0 Å². The van der Waals surface area contributed by atoms with Crippen molar-refractivity contribution in [2.24, 2.45) is 23.7 Å². The second-order valence-corrected chi connectivity index (χ2v) is 6.58. The summed E-state index contributed by atoms with van der Waals surface area (Å²) in [5.41, 5.74) is 0. The van der Waals surface area contributed by atoms with Crippen molar-refractivity contribution >= 4 is 0 Å². The lowest BCUT2D eigenvalue weighted by Crippen LogP contribution is -2.22. The first-order valence-electron chi connectivity index (χ1n) is 8.02. The lowest BCUT2D eigenvalue weighted by Gasteiger charge is -2.32. The molecule has 0 heterocycles. The molecule has 0 bridgehead atoms. The van der Waals surface area contributed by atoms with Gasteiger partial charge >= 0.3 is 0 Å². The second kappa shape index (κ2) is 9.97. The third kappa shape index (κ3) is 7.84. The molecule has 0 spiro atoms. The summed E-state index contributed by atoms with van der Waals surface area (Å²) in [6.45, 7) is 14.3. The van der Waals surface area contributed by atoms with E-state index in [1.54, 1.807) is 0 Å². The van der Waals surface area contributed by atoms with Crippen molar-refractivity contribution in [3.8, 4) is 0 Å². The van der Waals surface area contributed by atoms with Crippen molar-refractivity contribution in [3.63, 3.8) is 0 Å². The van der Waals surface area contributed by atoms with Gasteiger partial charge in [-0.3, -0.25) is 0 Å². The van der Waals surface area contributed by atoms with Gasteiger partial charge in [-0.05, 0) is 30.1 Å². The zero-order valence-corrected chi connectivity index (χ0v) is 13.3. The first-order valence-corrected chi connectivity index (χ1v) is 8.02. The van der Waals surface area contributed by atoms with E-state index in [1.165, 1.54) is 44.9 Å². The molecule has 17 heavy (non-hydrogen) atoms. The summed E-state index contributed by atoms with van der Waals surface area (Å²) in [5, 5.41) is 0. The number of hydrogen-bond donors (Lipinski definition) is 0. The number of hydrogen-bond acceptors (Lipinski definition) is 0. The Bertz CT molecular complexity index is 157. The van der Waals surface area contributed by atoms with Gasteiger partial charge in [0.1, 0.15) is 0 Å². The lowest BCUT2D eigenvalue weighted by atomic mass is 9.74. The van der Waals surface area contributed by atoms with Crippen LogP contribution in [-0.4, -0.2) is 0 Å². The molecule has 2 atom stereocenters. The Morgan fingerprint density at radius 2 is 1.41 bits per heavy atom. The molecule has 0 aliphatic carbocycles. The fourth-order valence-corrected chi connectivity index (χ4v) is 3.15. The molecule has 104 valence electrons. The van der Waals surface area contributed by atoms with E-state index in [0.717, 1.165) is 23.7 Å². The van der Waals surface area contributed by atoms with Gasteiger partial charge in [0.25, 0.3) is 0 Å². The van der Waals surface area contributed by atoms with Gasteiger partial charge in [0, 0.05) is 0 Å². The van der Waals surface area contributed by atoms with Crippen LogP contribution in [0.4, 0.5) is 0 Å². The van der Waals surface area contributed by atoms with Crippen molar-refractivity contribution < 1.29 is 0 Å². The van der Waals surface area contributed by atoms with Gasteiger partial charge in [-0.25, -0.2) is 0 Å². The van der Waals surface area contributed by atoms with Gasteiger partial charge in [0.2, 0.25) is 0 Å². The summed E-state index contributed by atoms with van der Waals surface area (Å²) in [6.07, 6.45) is 9.92. The molecule has 0 aromatic rings. The van der Waals surface area contributed by atoms with E-state index in [2.05, 4.69) is 41.5 Å².